The number of aromatic nitrogens is 2. The number of anilines is 1. The lowest BCUT2D eigenvalue weighted by Crippen LogP contribution is -2.20. The highest BCUT2D eigenvalue weighted by atomic mass is 32.1. The largest absolute Gasteiger partial charge is 0.389 e. The van der Waals surface area contributed by atoms with E-state index >= 15 is 0 Å². The Balaban J connectivity index is 2.58. The van der Waals surface area contributed by atoms with Crippen LogP contribution < -0.4 is 11.1 Å². The smallest absolute Gasteiger partial charge is 0.159 e. The fourth-order valence-electron chi connectivity index (χ4n) is 1.62. The van der Waals surface area contributed by atoms with Gasteiger partial charge in [0.15, 0.2) is 5.82 Å². The molecular formula is C13H22N4OS. The molecule has 5 nitrogen and oxygen atoms in total. The Morgan fingerprint density at radius 3 is 2.68 bits per heavy atom. The van der Waals surface area contributed by atoms with Crippen LogP contribution >= 0.6 is 12.2 Å². The first-order chi connectivity index (χ1) is 9.07. The minimum absolute atomic E-state index is 0.338. The Labute approximate surface area is 119 Å². The van der Waals surface area contributed by atoms with Gasteiger partial charge in [-0.2, -0.15) is 5.10 Å². The van der Waals surface area contributed by atoms with Gasteiger partial charge in [-0.05, 0) is 25.8 Å². The molecule has 0 saturated carbocycles. The number of aryl methyl sites for hydroxylation is 1. The standard InChI is InChI=1S/C13H22N4OS/c1-4-5-7-18-8-6-15-13-11(12(14)19)9(2)10(3)16-17-13/h4-8H2,1-3H3,(H2,14,19)(H,15,17). The molecule has 0 unspecified atom stereocenters. The number of nitrogens with zero attached hydrogens (tertiary/aromatic N) is 2. The maximum Gasteiger partial charge on any atom is 0.159 e. The molecule has 0 bridgehead atoms. The zero-order chi connectivity index (χ0) is 14.3. The third kappa shape index (κ3) is 4.72. The van der Waals surface area contributed by atoms with Crippen molar-refractivity contribution in [3.8, 4) is 0 Å². The van der Waals surface area contributed by atoms with Crippen LogP contribution in [-0.2, 0) is 4.74 Å². The van der Waals surface area contributed by atoms with E-state index in [1.807, 2.05) is 13.8 Å². The van der Waals surface area contributed by atoms with Crippen molar-refractivity contribution in [2.75, 3.05) is 25.1 Å². The van der Waals surface area contributed by atoms with E-state index in [1.54, 1.807) is 0 Å². The molecule has 0 radical (unpaired) electrons. The molecule has 0 spiro atoms. The Morgan fingerprint density at radius 2 is 2.05 bits per heavy atom. The third-order valence-electron chi connectivity index (χ3n) is 2.88. The van der Waals surface area contributed by atoms with Crippen molar-refractivity contribution in [2.45, 2.75) is 33.6 Å². The van der Waals surface area contributed by atoms with Crippen LogP contribution in [0.2, 0.25) is 0 Å². The number of nitrogens with one attached hydrogen (secondary N) is 1. The molecule has 0 saturated heterocycles. The molecule has 3 N–H and O–H groups in total. The Bertz CT molecular complexity index is 437. The van der Waals surface area contributed by atoms with Crippen LogP contribution in [0.15, 0.2) is 0 Å². The van der Waals surface area contributed by atoms with Gasteiger partial charge in [-0.15, -0.1) is 5.10 Å². The van der Waals surface area contributed by atoms with Crippen molar-refractivity contribution in [3.63, 3.8) is 0 Å². The summed E-state index contributed by atoms with van der Waals surface area (Å²) >= 11 is 5.07. The molecule has 19 heavy (non-hydrogen) atoms. The summed E-state index contributed by atoms with van der Waals surface area (Å²) in [5.74, 6) is 0.634. The maximum atomic E-state index is 5.75. The number of unbranched alkanes of at least 4 members (excludes halogenated alkanes) is 1. The summed E-state index contributed by atoms with van der Waals surface area (Å²) in [6.45, 7) is 8.06. The Morgan fingerprint density at radius 1 is 1.32 bits per heavy atom. The molecule has 0 aromatic carbocycles. The highest BCUT2D eigenvalue weighted by Crippen LogP contribution is 2.17. The van der Waals surface area contributed by atoms with Gasteiger partial charge in [0.2, 0.25) is 0 Å². The van der Waals surface area contributed by atoms with Gasteiger partial charge in [-0.3, -0.25) is 0 Å². The number of nitrogens with two attached hydrogens (primary N) is 1. The first-order valence-corrected chi connectivity index (χ1v) is 6.94. The SMILES string of the molecule is CCCCOCCNc1nnc(C)c(C)c1C(N)=S. The molecule has 1 aromatic rings. The van der Waals surface area contributed by atoms with E-state index < -0.39 is 0 Å². The molecule has 1 rings (SSSR count). The molecule has 6 heteroatoms. The molecule has 1 heterocycles. The van der Waals surface area contributed by atoms with Gasteiger partial charge in [0, 0.05) is 13.2 Å². The predicted molar refractivity (Wildman–Crippen MR) is 81.6 cm³/mol. The Hall–Kier alpha value is -1.27. The van der Waals surface area contributed by atoms with Crippen LogP contribution in [0.3, 0.4) is 0 Å². The average Bonchev–Trinajstić information content (AvgIpc) is 2.37. The molecule has 0 fully saturated rings. The summed E-state index contributed by atoms with van der Waals surface area (Å²) in [7, 11) is 0. The summed E-state index contributed by atoms with van der Waals surface area (Å²) in [6, 6.07) is 0. The van der Waals surface area contributed by atoms with Gasteiger partial charge < -0.3 is 15.8 Å². The lowest BCUT2D eigenvalue weighted by Gasteiger charge is -2.13. The summed E-state index contributed by atoms with van der Waals surface area (Å²) in [5.41, 5.74) is 8.33. The van der Waals surface area contributed by atoms with Crippen molar-refractivity contribution in [1.82, 2.24) is 10.2 Å². The summed E-state index contributed by atoms with van der Waals surface area (Å²) in [4.78, 5) is 0.338. The predicted octanol–water partition coefficient (Wildman–Crippen LogP) is 1.96. The summed E-state index contributed by atoms with van der Waals surface area (Å²) in [5, 5.41) is 11.4. The van der Waals surface area contributed by atoms with Gasteiger partial charge in [0.1, 0.15) is 4.99 Å². The zero-order valence-corrected chi connectivity index (χ0v) is 12.6. The molecular weight excluding hydrogens is 260 g/mol. The Kier molecular flexibility index (Phi) is 6.66. The normalized spacial score (nSPS) is 10.5. The second kappa shape index (κ2) is 8.01. The highest BCUT2D eigenvalue weighted by Gasteiger charge is 2.12. The molecule has 0 amide bonds. The van der Waals surface area contributed by atoms with Crippen LogP contribution in [-0.4, -0.2) is 34.9 Å². The molecule has 1 aromatic heterocycles. The van der Waals surface area contributed by atoms with E-state index in [4.69, 9.17) is 22.7 Å². The van der Waals surface area contributed by atoms with E-state index in [9.17, 15) is 0 Å². The molecule has 0 atom stereocenters. The van der Waals surface area contributed by atoms with E-state index in [2.05, 4.69) is 22.4 Å². The minimum atomic E-state index is 0.338. The number of rotatable bonds is 8. The van der Waals surface area contributed by atoms with Gasteiger partial charge >= 0.3 is 0 Å². The van der Waals surface area contributed by atoms with Crippen LogP contribution in [0.4, 0.5) is 5.82 Å². The van der Waals surface area contributed by atoms with E-state index in [0.717, 1.165) is 36.3 Å². The first-order valence-electron chi connectivity index (χ1n) is 6.53. The molecule has 0 aliphatic carbocycles. The number of thiocarbonyl (C=S) groups is 1. The van der Waals surface area contributed by atoms with Crippen molar-refractivity contribution in [3.05, 3.63) is 16.8 Å². The average molecular weight is 282 g/mol. The fourth-order valence-corrected chi connectivity index (χ4v) is 1.87. The quantitative estimate of drug-likeness (QED) is 0.561. The first kappa shape index (κ1) is 15.8. The second-order valence-corrected chi connectivity index (χ2v) is 4.83. The molecule has 106 valence electrons. The summed E-state index contributed by atoms with van der Waals surface area (Å²) in [6.07, 6.45) is 2.23. The van der Waals surface area contributed by atoms with Crippen LogP contribution in [0.5, 0.6) is 0 Å². The van der Waals surface area contributed by atoms with Crippen LogP contribution in [0, 0.1) is 13.8 Å². The number of hydrogen-bond acceptors (Lipinski definition) is 5. The maximum absolute atomic E-state index is 5.75. The van der Waals surface area contributed by atoms with Gasteiger partial charge in [-0.25, -0.2) is 0 Å². The van der Waals surface area contributed by atoms with Crippen molar-refractivity contribution < 1.29 is 4.74 Å². The lowest BCUT2D eigenvalue weighted by molar-refractivity contribution is 0.141. The second-order valence-electron chi connectivity index (χ2n) is 4.39. The van der Waals surface area contributed by atoms with Gasteiger partial charge in [0.25, 0.3) is 0 Å². The van der Waals surface area contributed by atoms with Gasteiger partial charge in [-0.1, -0.05) is 25.6 Å². The molecule has 0 aliphatic heterocycles. The van der Waals surface area contributed by atoms with E-state index in [1.165, 1.54) is 0 Å². The van der Waals surface area contributed by atoms with Crippen molar-refractivity contribution in [1.29, 1.82) is 0 Å². The number of hydrogen-bond donors (Lipinski definition) is 2. The third-order valence-corrected chi connectivity index (χ3v) is 3.09. The van der Waals surface area contributed by atoms with E-state index in [0.29, 0.717) is 24.0 Å². The fraction of sp³-hybridized carbons (Fsp3) is 0.615. The van der Waals surface area contributed by atoms with Crippen molar-refractivity contribution in [2.24, 2.45) is 5.73 Å². The van der Waals surface area contributed by atoms with Crippen LogP contribution in [0.25, 0.3) is 0 Å². The zero-order valence-electron chi connectivity index (χ0n) is 11.8. The van der Waals surface area contributed by atoms with Crippen LogP contribution in [0.1, 0.15) is 36.6 Å². The topological polar surface area (TPSA) is 73.1 Å². The highest BCUT2D eigenvalue weighted by molar-refractivity contribution is 7.80. The van der Waals surface area contributed by atoms with Gasteiger partial charge in [0.05, 0.1) is 17.9 Å². The summed E-state index contributed by atoms with van der Waals surface area (Å²) < 4.78 is 5.48. The van der Waals surface area contributed by atoms with E-state index in [-0.39, 0.29) is 0 Å². The number of ether oxygens (including phenoxy) is 1. The monoisotopic (exact) mass is 282 g/mol. The van der Waals surface area contributed by atoms with Crippen molar-refractivity contribution >= 4 is 23.0 Å². The minimum Gasteiger partial charge on any atom is -0.389 e. The molecule has 0 aliphatic rings. The lowest BCUT2D eigenvalue weighted by atomic mass is 10.1.